The van der Waals surface area contributed by atoms with Gasteiger partial charge in [0.1, 0.15) is 28.6 Å². The second-order valence-electron chi connectivity index (χ2n) is 16.2. The average Bonchev–Trinajstić information content (AvgIpc) is 3.24. The number of halogens is 3. The zero-order valence-electron chi connectivity index (χ0n) is 37.9. The third-order valence-electron chi connectivity index (χ3n) is 10.4. The number of nitrogens with two attached hydrogens (primary N) is 2. The molecular formula is C47H62Cl3N7O9. The van der Waals surface area contributed by atoms with Gasteiger partial charge in [0, 0.05) is 21.4 Å². The van der Waals surface area contributed by atoms with Crippen molar-refractivity contribution in [2.24, 2.45) is 11.7 Å². The van der Waals surface area contributed by atoms with Crippen LogP contribution in [-0.4, -0.2) is 67.6 Å². The zero-order valence-corrected chi connectivity index (χ0v) is 40.3. The summed E-state index contributed by atoms with van der Waals surface area (Å²) >= 11 is 12.0. The van der Waals surface area contributed by atoms with Crippen LogP contribution in [0.25, 0.3) is 0 Å². The molecule has 6 rings (SSSR count). The molecule has 0 bridgehead atoms. The van der Waals surface area contributed by atoms with Crippen LogP contribution in [0.2, 0.25) is 10.0 Å². The highest BCUT2D eigenvalue weighted by molar-refractivity contribution is 6.31. The van der Waals surface area contributed by atoms with E-state index in [4.69, 9.17) is 54.0 Å². The van der Waals surface area contributed by atoms with E-state index < -0.39 is 40.7 Å². The van der Waals surface area contributed by atoms with Crippen molar-refractivity contribution in [1.82, 2.24) is 9.97 Å². The number of pyridine rings is 2. The Morgan fingerprint density at radius 2 is 1.17 bits per heavy atom. The van der Waals surface area contributed by atoms with Gasteiger partial charge in [-0.2, -0.15) is 9.97 Å². The first-order valence-electron chi connectivity index (χ1n) is 20.9. The molecule has 2 aliphatic rings. The van der Waals surface area contributed by atoms with Crippen molar-refractivity contribution in [2.75, 3.05) is 20.9 Å². The Bertz CT molecular complexity index is 2320. The number of ether oxygens (including phenoxy) is 3. The SMILES string of the molecule is C.CCC1(CC)Oc2nc(N)ccc2N(c2ccc(Cl)cc2)C1=O.CCC1(CC)Oc2nc(NC(=O)[C@H](C)N)ccc2N(c2ccc(Cl)cc2)C1=O.C[C@H](CC(=O)OC(C)(C)C)C(=O)O.Cl. The number of hydrogen-bond acceptors (Lipinski definition) is 12. The molecule has 2 aromatic carbocycles. The molecule has 19 heteroatoms. The number of carboxylic acid groups (broad SMARTS) is 1. The van der Waals surface area contributed by atoms with Gasteiger partial charge in [0.05, 0.1) is 18.4 Å². The summed E-state index contributed by atoms with van der Waals surface area (Å²) in [5.74, 6) is -1.44. The van der Waals surface area contributed by atoms with Gasteiger partial charge >= 0.3 is 11.9 Å². The van der Waals surface area contributed by atoms with Crippen molar-refractivity contribution in [3.8, 4) is 11.8 Å². The topological polar surface area (TPSA) is 230 Å². The number of carboxylic acids is 1. The van der Waals surface area contributed by atoms with E-state index in [-0.39, 0.29) is 49.9 Å². The molecule has 4 aromatic rings. The Balaban J connectivity index is 0.000000357. The molecule has 4 heterocycles. The lowest BCUT2D eigenvalue weighted by atomic mass is 9.93. The number of amides is 3. The van der Waals surface area contributed by atoms with Crippen LogP contribution in [0.1, 0.15) is 102 Å². The van der Waals surface area contributed by atoms with Crippen molar-refractivity contribution >= 4 is 99.7 Å². The molecule has 16 nitrogen and oxygen atoms in total. The Labute approximate surface area is 403 Å². The molecule has 0 radical (unpaired) electrons. The molecule has 0 spiro atoms. The lowest BCUT2D eigenvalue weighted by Crippen LogP contribution is -2.54. The molecule has 3 amide bonds. The molecule has 0 fully saturated rings. The summed E-state index contributed by atoms with van der Waals surface area (Å²) in [4.78, 5) is 71.8. The van der Waals surface area contributed by atoms with Gasteiger partial charge in [-0.3, -0.25) is 33.8 Å². The number of fused-ring (bicyclic) bond motifs is 2. The monoisotopic (exact) mass is 973 g/mol. The highest BCUT2D eigenvalue weighted by atomic mass is 35.5. The van der Waals surface area contributed by atoms with E-state index in [0.717, 1.165) is 5.69 Å². The van der Waals surface area contributed by atoms with Gasteiger partial charge < -0.3 is 36.1 Å². The fraction of sp³-hybridized carbons (Fsp3) is 0.426. The number of carbonyl (C=O) groups excluding carboxylic acids is 4. The molecule has 2 aliphatic heterocycles. The normalized spacial score (nSPS) is 15.1. The Morgan fingerprint density at radius 1 is 0.758 bits per heavy atom. The maximum absolute atomic E-state index is 13.4. The molecule has 2 atom stereocenters. The fourth-order valence-corrected chi connectivity index (χ4v) is 6.82. The predicted molar refractivity (Wildman–Crippen MR) is 261 cm³/mol. The molecule has 2 aromatic heterocycles. The molecule has 0 saturated carbocycles. The average molecular weight is 975 g/mol. The summed E-state index contributed by atoms with van der Waals surface area (Å²) < 4.78 is 17.0. The third kappa shape index (κ3) is 13.5. The maximum Gasteiger partial charge on any atom is 0.307 e. The van der Waals surface area contributed by atoms with Gasteiger partial charge in [-0.15, -0.1) is 12.4 Å². The highest BCUT2D eigenvalue weighted by Gasteiger charge is 2.48. The molecule has 0 unspecified atom stereocenters. The molecule has 66 heavy (non-hydrogen) atoms. The van der Waals surface area contributed by atoms with Gasteiger partial charge in [0.25, 0.3) is 11.8 Å². The summed E-state index contributed by atoms with van der Waals surface area (Å²) in [5, 5.41) is 12.4. The van der Waals surface area contributed by atoms with Crippen LogP contribution < -0.4 is 36.1 Å². The first-order chi connectivity index (χ1) is 30.0. The van der Waals surface area contributed by atoms with Crippen molar-refractivity contribution in [1.29, 1.82) is 0 Å². The minimum atomic E-state index is -1.04. The number of rotatable bonds is 11. The number of nitrogen functional groups attached to an aromatic ring is 1. The lowest BCUT2D eigenvalue weighted by Gasteiger charge is -2.41. The van der Waals surface area contributed by atoms with E-state index >= 15 is 0 Å². The molecular weight excluding hydrogens is 913 g/mol. The predicted octanol–water partition coefficient (Wildman–Crippen LogP) is 10.1. The zero-order chi connectivity index (χ0) is 47.7. The molecule has 360 valence electrons. The fourth-order valence-electron chi connectivity index (χ4n) is 6.57. The highest BCUT2D eigenvalue weighted by Crippen LogP contribution is 2.45. The van der Waals surface area contributed by atoms with Crippen LogP contribution in [0.4, 0.5) is 34.4 Å². The summed E-state index contributed by atoms with van der Waals surface area (Å²) in [7, 11) is 0. The van der Waals surface area contributed by atoms with Crippen LogP contribution in [0.3, 0.4) is 0 Å². The maximum atomic E-state index is 13.4. The van der Waals surface area contributed by atoms with Gasteiger partial charge in [-0.25, -0.2) is 0 Å². The van der Waals surface area contributed by atoms with E-state index in [0.29, 0.717) is 70.3 Å². The van der Waals surface area contributed by atoms with E-state index in [2.05, 4.69) is 15.3 Å². The molecule has 6 N–H and O–H groups in total. The van der Waals surface area contributed by atoms with Gasteiger partial charge in [-0.05, 0) is 126 Å². The molecule has 0 saturated heterocycles. The smallest absolute Gasteiger partial charge is 0.307 e. The van der Waals surface area contributed by atoms with E-state index in [1.54, 1.807) is 98.2 Å². The number of aromatic nitrogens is 2. The summed E-state index contributed by atoms with van der Waals surface area (Å²) in [6.07, 6.45) is 1.96. The van der Waals surface area contributed by atoms with Gasteiger partial charge in [0.2, 0.25) is 17.7 Å². The largest absolute Gasteiger partial charge is 0.481 e. The van der Waals surface area contributed by atoms with Crippen LogP contribution in [0, 0.1) is 5.92 Å². The number of nitrogens with one attached hydrogen (secondary N) is 1. The van der Waals surface area contributed by atoms with Crippen molar-refractivity contribution < 1.29 is 43.3 Å². The standard InChI is InChI=1S/C20H23ClN4O3.C17H18ClN3O2.C9H16O4.CH4.ClH/c1-4-20(5-2)19(27)25(14-8-6-13(21)7-9-14)15-10-11-16(24-18(15)28-20)23-17(26)12(3)22;1-3-17(4-2)16(22)21(12-7-5-11(18)6-8-12)13-9-10-14(19)20-15(13)23-17;1-6(8(11)12)5-7(10)13-9(2,3)4;;/h6-12H,4-5,22H2,1-3H3,(H,23,24,26);5-10H,3-4H2,1-2H3,(H2,19,20);6H,5H2,1-4H3,(H,11,12);1H4;1H/t12-;;6-;;/m0.1../s1. The van der Waals surface area contributed by atoms with Gasteiger partial charge in [-0.1, -0.05) is 65.2 Å². The Morgan fingerprint density at radius 3 is 1.55 bits per heavy atom. The van der Waals surface area contributed by atoms with Gasteiger partial charge in [0.15, 0.2) is 11.2 Å². The van der Waals surface area contributed by atoms with Crippen molar-refractivity contribution in [3.63, 3.8) is 0 Å². The van der Waals surface area contributed by atoms with Crippen molar-refractivity contribution in [2.45, 2.75) is 125 Å². The van der Waals surface area contributed by atoms with E-state index in [1.807, 2.05) is 39.8 Å². The number of anilines is 6. The molecule has 0 aliphatic carbocycles. The first-order valence-corrected chi connectivity index (χ1v) is 21.7. The number of nitrogens with zero attached hydrogens (tertiary/aromatic N) is 4. The van der Waals surface area contributed by atoms with Crippen LogP contribution in [-0.2, 0) is 28.7 Å². The lowest BCUT2D eigenvalue weighted by molar-refractivity contribution is -0.159. The quantitative estimate of drug-likeness (QED) is 0.103. The second-order valence-corrected chi connectivity index (χ2v) is 17.1. The number of hydrogen-bond donors (Lipinski definition) is 4. The van der Waals surface area contributed by atoms with E-state index in [1.165, 1.54) is 6.92 Å². The Kier molecular flexibility index (Phi) is 20.2. The number of carbonyl (C=O) groups is 5. The van der Waals surface area contributed by atoms with Crippen molar-refractivity contribution in [3.05, 3.63) is 82.8 Å². The van der Waals surface area contributed by atoms with Crippen LogP contribution in [0.15, 0.2) is 72.8 Å². The number of esters is 1. The number of aliphatic carboxylic acids is 1. The third-order valence-corrected chi connectivity index (χ3v) is 10.9. The second kappa shape index (κ2) is 23.7. The minimum Gasteiger partial charge on any atom is -0.481 e. The van der Waals surface area contributed by atoms with E-state index in [9.17, 15) is 24.0 Å². The first kappa shape index (κ1) is 56.4. The van der Waals surface area contributed by atoms with Crippen LogP contribution in [0.5, 0.6) is 11.8 Å². The summed E-state index contributed by atoms with van der Waals surface area (Å²) in [5.41, 5.74) is 11.3. The summed E-state index contributed by atoms with van der Waals surface area (Å²) in [6.45, 7) is 16.0. The minimum absolute atomic E-state index is 0. The Hall–Kier alpha value is -5.68. The number of benzene rings is 2. The summed E-state index contributed by atoms with van der Waals surface area (Å²) in [6, 6.07) is 20.2. The van der Waals surface area contributed by atoms with Crippen LogP contribution >= 0.6 is 35.6 Å².